The molecule has 0 radical (unpaired) electrons. The van der Waals surface area contributed by atoms with Gasteiger partial charge in [0.2, 0.25) is 11.8 Å². The summed E-state index contributed by atoms with van der Waals surface area (Å²) in [4.78, 5) is 26.4. The molecule has 1 saturated heterocycles. The highest BCUT2D eigenvalue weighted by molar-refractivity contribution is 5.78. The number of amides is 2. The molecule has 2 amide bonds. The summed E-state index contributed by atoms with van der Waals surface area (Å²) < 4.78 is 4.92. The number of ether oxygens (including phenoxy) is 1. The Morgan fingerprint density at radius 1 is 1.04 bits per heavy atom. The van der Waals surface area contributed by atoms with Gasteiger partial charge in [-0.3, -0.25) is 9.59 Å². The fraction of sp³-hybridized carbons (Fsp3) is 0.900. The van der Waals surface area contributed by atoms with E-state index < -0.39 is 0 Å². The Labute approximate surface area is 150 Å². The minimum atomic E-state index is 0.0563. The summed E-state index contributed by atoms with van der Waals surface area (Å²) in [5.74, 6) is 3.00. The molecule has 5 rings (SSSR count). The third-order valence-electron chi connectivity index (χ3n) is 7.18. The first-order chi connectivity index (χ1) is 12.0. The van der Waals surface area contributed by atoms with Crippen molar-refractivity contribution < 1.29 is 14.3 Å². The maximum atomic E-state index is 12.7. The van der Waals surface area contributed by atoms with E-state index in [1.54, 1.807) is 7.11 Å². The zero-order valence-corrected chi connectivity index (χ0v) is 15.5. The molecule has 0 atom stereocenters. The quantitative estimate of drug-likeness (QED) is 0.830. The van der Waals surface area contributed by atoms with Gasteiger partial charge in [0.15, 0.2) is 0 Å². The van der Waals surface area contributed by atoms with E-state index in [9.17, 15) is 9.59 Å². The molecule has 0 unspecified atom stereocenters. The SMILES string of the molecule is COCC(=O)N1CCC(NC(=O)CC23CC4CC(CC(C4)C2)C3)CC1. The second-order valence-corrected chi connectivity index (χ2v) is 9.25. The minimum absolute atomic E-state index is 0.0563. The molecule has 0 aromatic heterocycles. The molecule has 5 heteroatoms. The van der Waals surface area contributed by atoms with Crippen molar-refractivity contribution in [1.29, 1.82) is 0 Å². The summed E-state index contributed by atoms with van der Waals surface area (Å²) in [6.07, 6.45) is 10.6. The van der Waals surface area contributed by atoms with E-state index in [0.717, 1.165) is 50.1 Å². The normalized spacial score (nSPS) is 37.3. The lowest BCUT2D eigenvalue weighted by atomic mass is 9.49. The Hall–Kier alpha value is -1.10. The molecular weight excluding hydrogens is 316 g/mol. The van der Waals surface area contributed by atoms with Crippen LogP contribution in [0.3, 0.4) is 0 Å². The Kier molecular flexibility index (Phi) is 4.78. The molecule has 1 aliphatic heterocycles. The van der Waals surface area contributed by atoms with Crippen molar-refractivity contribution in [2.24, 2.45) is 23.2 Å². The third kappa shape index (κ3) is 3.71. The maximum absolute atomic E-state index is 12.7. The van der Waals surface area contributed by atoms with Crippen LogP contribution in [0.1, 0.15) is 57.8 Å². The number of piperidine rings is 1. The van der Waals surface area contributed by atoms with E-state index in [0.29, 0.717) is 5.41 Å². The van der Waals surface area contributed by atoms with Crippen LogP contribution < -0.4 is 5.32 Å². The Morgan fingerprint density at radius 2 is 1.60 bits per heavy atom. The highest BCUT2D eigenvalue weighted by atomic mass is 16.5. The molecule has 25 heavy (non-hydrogen) atoms. The smallest absolute Gasteiger partial charge is 0.248 e. The van der Waals surface area contributed by atoms with Crippen LogP contribution in [0.4, 0.5) is 0 Å². The molecule has 0 spiro atoms. The van der Waals surface area contributed by atoms with Gasteiger partial charge in [-0.15, -0.1) is 0 Å². The van der Waals surface area contributed by atoms with Gasteiger partial charge in [0, 0.05) is 32.7 Å². The van der Waals surface area contributed by atoms with Crippen LogP contribution in [-0.4, -0.2) is 49.6 Å². The molecule has 1 heterocycles. The summed E-state index contributed by atoms with van der Waals surface area (Å²) in [5.41, 5.74) is 0.313. The summed E-state index contributed by atoms with van der Waals surface area (Å²) >= 11 is 0. The first-order valence-corrected chi connectivity index (χ1v) is 10.1. The standard InChI is InChI=1S/C20H32N2O3/c1-25-13-19(24)22-4-2-17(3-5-22)21-18(23)12-20-9-14-6-15(10-20)8-16(7-14)11-20/h14-17H,2-13H2,1H3,(H,21,23). The molecule has 140 valence electrons. The number of likely N-dealkylation sites (tertiary alicyclic amines) is 1. The highest BCUT2D eigenvalue weighted by Crippen LogP contribution is 2.61. The predicted octanol–water partition coefficient (Wildman–Crippen LogP) is 2.35. The molecule has 0 aromatic carbocycles. The Morgan fingerprint density at radius 3 is 2.12 bits per heavy atom. The average Bonchev–Trinajstić information content (AvgIpc) is 2.53. The summed E-state index contributed by atoms with van der Waals surface area (Å²) in [6.45, 7) is 1.61. The molecule has 1 N–H and O–H groups in total. The van der Waals surface area contributed by atoms with E-state index in [4.69, 9.17) is 4.74 Å². The van der Waals surface area contributed by atoms with Gasteiger partial charge in [-0.1, -0.05) is 0 Å². The van der Waals surface area contributed by atoms with E-state index in [1.807, 2.05) is 4.90 Å². The molecule has 4 bridgehead atoms. The Balaban J connectivity index is 1.26. The van der Waals surface area contributed by atoms with Crippen LogP contribution in [0, 0.1) is 23.2 Å². The molecule has 4 saturated carbocycles. The van der Waals surface area contributed by atoms with Crippen molar-refractivity contribution in [3.63, 3.8) is 0 Å². The van der Waals surface area contributed by atoms with E-state index in [2.05, 4.69) is 5.32 Å². The monoisotopic (exact) mass is 348 g/mol. The lowest BCUT2D eigenvalue weighted by molar-refractivity contribution is -0.136. The van der Waals surface area contributed by atoms with Crippen molar-refractivity contribution in [3.8, 4) is 0 Å². The van der Waals surface area contributed by atoms with Crippen molar-refractivity contribution in [2.45, 2.75) is 63.8 Å². The third-order valence-corrected chi connectivity index (χ3v) is 7.18. The second kappa shape index (κ2) is 6.90. The van der Waals surface area contributed by atoms with Crippen LogP contribution in [0.5, 0.6) is 0 Å². The number of carbonyl (C=O) groups excluding carboxylic acids is 2. The highest BCUT2D eigenvalue weighted by Gasteiger charge is 2.51. The largest absolute Gasteiger partial charge is 0.375 e. The number of nitrogens with zero attached hydrogens (tertiary/aromatic N) is 1. The summed E-state index contributed by atoms with van der Waals surface area (Å²) in [5, 5.41) is 3.28. The first-order valence-electron chi connectivity index (χ1n) is 10.1. The van der Waals surface area contributed by atoms with Crippen LogP contribution >= 0.6 is 0 Å². The minimum Gasteiger partial charge on any atom is -0.375 e. The van der Waals surface area contributed by atoms with Crippen LogP contribution in [0.2, 0.25) is 0 Å². The molecule has 5 aliphatic rings. The van der Waals surface area contributed by atoms with Crippen molar-refractivity contribution in [2.75, 3.05) is 26.8 Å². The zero-order chi connectivity index (χ0) is 17.4. The van der Waals surface area contributed by atoms with Crippen molar-refractivity contribution >= 4 is 11.8 Å². The van der Waals surface area contributed by atoms with Gasteiger partial charge in [-0.05, 0) is 74.5 Å². The second-order valence-electron chi connectivity index (χ2n) is 9.25. The number of rotatable bonds is 5. The fourth-order valence-electron chi connectivity index (χ4n) is 6.61. The van der Waals surface area contributed by atoms with Crippen molar-refractivity contribution in [1.82, 2.24) is 10.2 Å². The first kappa shape index (κ1) is 17.3. The molecular formula is C20H32N2O3. The summed E-state index contributed by atoms with van der Waals surface area (Å²) in [6, 6.07) is 0.230. The number of nitrogens with one attached hydrogen (secondary N) is 1. The summed E-state index contributed by atoms with van der Waals surface area (Å²) in [7, 11) is 1.55. The van der Waals surface area contributed by atoms with Crippen LogP contribution in [-0.2, 0) is 14.3 Å². The van der Waals surface area contributed by atoms with Gasteiger partial charge in [-0.2, -0.15) is 0 Å². The molecule has 5 fully saturated rings. The van der Waals surface area contributed by atoms with E-state index in [-0.39, 0.29) is 24.5 Å². The molecule has 0 aromatic rings. The van der Waals surface area contributed by atoms with Gasteiger partial charge < -0.3 is 15.0 Å². The predicted molar refractivity (Wildman–Crippen MR) is 94.8 cm³/mol. The van der Waals surface area contributed by atoms with E-state index >= 15 is 0 Å². The number of methoxy groups -OCH3 is 1. The van der Waals surface area contributed by atoms with Gasteiger partial charge >= 0.3 is 0 Å². The van der Waals surface area contributed by atoms with Gasteiger partial charge in [-0.25, -0.2) is 0 Å². The lowest BCUT2D eigenvalue weighted by Crippen LogP contribution is -2.50. The Bertz CT molecular complexity index is 490. The van der Waals surface area contributed by atoms with Crippen LogP contribution in [0.25, 0.3) is 0 Å². The van der Waals surface area contributed by atoms with Crippen LogP contribution in [0.15, 0.2) is 0 Å². The molecule has 4 aliphatic carbocycles. The topological polar surface area (TPSA) is 58.6 Å². The van der Waals surface area contributed by atoms with Crippen molar-refractivity contribution in [3.05, 3.63) is 0 Å². The number of hydrogen-bond donors (Lipinski definition) is 1. The van der Waals surface area contributed by atoms with Gasteiger partial charge in [0.1, 0.15) is 6.61 Å². The van der Waals surface area contributed by atoms with Gasteiger partial charge in [0.25, 0.3) is 0 Å². The number of carbonyl (C=O) groups is 2. The average molecular weight is 348 g/mol. The maximum Gasteiger partial charge on any atom is 0.248 e. The lowest BCUT2D eigenvalue weighted by Gasteiger charge is -2.56. The fourth-order valence-corrected chi connectivity index (χ4v) is 6.61. The molecule has 5 nitrogen and oxygen atoms in total. The van der Waals surface area contributed by atoms with Gasteiger partial charge in [0.05, 0.1) is 0 Å². The number of hydrogen-bond acceptors (Lipinski definition) is 3. The zero-order valence-electron chi connectivity index (χ0n) is 15.5. The van der Waals surface area contributed by atoms with E-state index in [1.165, 1.54) is 38.5 Å².